The van der Waals surface area contributed by atoms with E-state index in [-0.39, 0.29) is 17.4 Å². The Morgan fingerprint density at radius 1 is 1.27 bits per heavy atom. The topological polar surface area (TPSA) is 102 Å². The summed E-state index contributed by atoms with van der Waals surface area (Å²) in [5.41, 5.74) is 0.707. The van der Waals surface area contributed by atoms with Gasteiger partial charge in [-0.3, -0.25) is 14.9 Å². The Morgan fingerprint density at radius 3 is 2.97 bits per heavy atom. The Bertz CT molecular complexity index is 1190. The van der Waals surface area contributed by atoms with Crippen LogP contribution in [0.4, 0.5) is 5.13 Å². The molecule has 1 saturated heterocycles. The van der Waals surface area contributed by atoms with Crippen molar-refractivity contribution in [2.75, 3.05) is 18.5 Å². The smallest absolute Gasteiger partial charge is 0.349 e. The van der Waals surface area contributed by atoms with E-state index in [0.717, 1.165) is 17.0 Å². The van der Waals surface area contributed by atoms with Crippen molar-refractivity contribution in [3.63, 3.8) is 0 Å². The normalized spacial score (nSPS) is 18.4. The molecular formula is C21H19N3O5S. The second-order valence-electron chi connectivity index (χ2n) is 7.34. The minimum atomic E-state index is -0.640. The van der Waals surface area contributed by atoms with E-state index in [1.807, 2.05) is 6.07 Å². The number of nitrogens with one attached hydrogen (secondary N) is 1. The predicted molar refractivity (Wildman–Crippen MR) is 111 cm³/mol. The molecule has 30 heavy (non-hydrogen) atoms. The van der Waals surface area contributed by atoms with Crippen LogP contribution in [0.1, 0.15) is 33.8 Å². The second kappa shape index (κ2) is 7.66. The van der Waals surface area contributed by atoms with Crippen molar-refractivity contribution in [2.24, 2.45) is 0 Å². The number of amides is 2. The molecule has 0 aliphatic carbocycles. The number of para-hydroxylation sites is 1. The van der Waals surface area contributed by atoms with E-state index in [2.05, 4.69) is 10.3 Å². The lowest BCUT2D eigenvalue weighted by Crippen LogP contribution is -2.37. The van der Waals surface area contributed by atoms with E-state index >= 15 is 0 Å². The molecule has 2 aliphatic heterocycles. The molecule has 9 heteroatoms. The number of thiazole rings is 1. The summed E-state index contributed by atoms with van der Waals surface area (Å²) in [6, 6.07) is 8.68. The molecule has 2 aromatic heterocycles. The zero-order valence-corrected chi connectivity index (χ0v) is 16.9. The van der Waals surface area contributed by atoms with Crippen molar-refractivity contribution in [3.8, 4) is 0 Å². The highest BCUT2D eigenvalue weighted by atomic mass is 32.1. The summed E-state index contributed by atoms with van der Waals surface area (Å²) in [5, 5.41) is 4.04. The van der Waals surface area contributed by atoms with Crippen LogP contribution in [0.3, 0.4) is 0 Å². The number of rotatable bonds is 3. The highest BCUT2D eigenvalue weighted by Crippen LogP contribution is 2.29. The summed E-state index contributed by atoms with van der Waals surface area (Å²) >= 11 is 1.35. The van der Waals surface area contributed by atoms with Gasteiger partial charge in [0.15, 0.2) is 5.13 Å². The molecule has 0 radical (unpaired) electrons. The number of anilines is 1. The van der Waals surface area contributed by atoms with Crippen molar-refractivity contribution in [3.05, 3.63) is 56.9 Å². The van der Waals surface area contributed by atoms with Gasteiger partial charge in [0.25, 0.3) is 11.8 Å². The lowest BCUT2D eigenvalue weighted by molar-refractivity contribution is -0.124. The van der Waals surface area contributed by atoms with E-state index in [1.54, 1.807) is 29.2 Å². The maximum Gasteiger partial charge on any atom is 0.349 e. The van der Waals surface area contributed by atoms with Gasteiger partial charge in [-0.2, -0.15) is 0 Å². The molecule has 0 spiro atoms. The van der Waals surface area contributed by atoms with E-state index in [0.29, 0.717) is 48.6 Å². The molecule has 8 nitrogen and oxygen atoms in total. The van der Waals surface area contributed by atoms with Gasteiger partial charge in [-0.05, 0) is 25.0 Å². The Kier molecular flexibility index (Phi) is 4.84. The fourth-order valence-electron chi connectivity index (χ4n) is 3.77. The fourth-order valence-corrected chi connectivity index (χ4v) is 4.80. The molecule has 1 aromatic carbocycles. The van der Waals surface area contributed by atoms with Crippen molar-refractivity contribution < 1.29 is 18.7 Å². The fraction of sp³-hybridized carbons (Fsp3) is 0.333. The van der Waals surface area contributed by atoms with Gasteiger partial charge in [-0.1, -0.05) is 29.5 Å². The molecule has 5 rings (SSSR count). The molecule has 0 bridgehead atoms. The van der Waals surface area contributed by atoms with Crippen molar-refractivity contribution in [1.82, 2.24) is 9.88 Å². The number of carbonyl (C=O) groups excluding carboxylic acids is 2. The summed E-state index contributed by atoms with van der Waals surface area (Å²) < 4.78 is 10.7. The highest BCUT2D eigenvalue weighted by molar-refractivity contribution is 7.15. The van der Waals surface area contributed by atoms with Crippen LogP contribution in [0, 0.1) is 0 Å². The first-order chi connectivity index (χ1) is 14.6. The van der Waals surface area contributed by atoms with Crippen molar-refractivity contribution in [2.45, 2.75) is 31.9 Å². The molecule has 1 atom stereocenters. The molecule has 0 saturated carbocycles. The third-order valence-electron chi connectivity index (χ3n) is 5.34. The molecule has 2 aliphatic rings. The number of aromatic nitrogens is 1. The van der Waals surface area contributed by atoms with Gasteiger partial charge in [-0.15, -0.1) is 0 Å². The molecule has 3 aromatic rings. The number of fused-ring (bicyclic) bond motifs is 2. The van der Waals surface area contributed by atoms with Crippen molar-refractivity contribution >= 4 is 39.3 Å². The number of nitrogens with zero attached hydrogens (tertiary/aromatic N) is 2. The lowest BCUT2D eigenvalue weighted by atomic mass is 10.1. The maximum absolute atomic E-state index is 13.0. The van der Waals surface area contributed by atoms with Gasteiger partial charge < -0.3 is 14.1 Å². The van der Waals surface area contributed by atoms with Gasteiger partial charge in [0, 0.05) is 29.8 Å². The van der Waals surface area contributed by atoms with Gasteiger partial charge in [0.05, 0.1) is 12.2 Å². The first kappa shape index (κ1) is 19.0. The second-order valence-corrected chi connectivity index (χ2v) is 8.43. The van der Waals surface area contributed by atoms with Crippen LogP contribution in [0.25, 0.3) is 11.0 Å². The van der Waals surface area contributed by atoms with Crippen LogP contribution in [-0.2, 0) is 22.5 Å². The quantitative estimate of drug-likeness (QED) is 0.647. The molecule has 154 valence electrons. The highest BCUT2D eigenvalue weighted by Gasteiger charge is 2.29. The largest absolute Gasteiger partial charge is 0.422 e. The average Bonchev–Trinajstić information content (AvgIpc) is 3.41. The van der Waals surface area contributed by atoms with Crippen LogP contribution >= 0.6 is 11.3 Å². The van der Waals surface area contributed by atoms with Crippen LogP contribution in [0.15, 0.2) is 39.5 Å². The predicted octanol–water partition coefficient (Wildman–Crippen LogP) is 2.57. The Morgan fingerprint density at radius 2 is 2.13 bits per heavy atom. The third kappa shape index (κ3) is 3.50. The van der Waals surface area contributed by atoms with E-state index in [9.17, 15) is 14.4 Å². The number of hydrogen-bond acceptors (Lipinski definition) is 7. The summed E-state index contributed by atoms with van der Waals surface area (Å²) in [7, 11) is 0. The molecule has 1 unspecified atom stereocenters. The Hall–Kier alpha value is -3.04. The van der Waals surface area contributed by atoms with E-state index in [1.165, 1.54) is 11.3 Å². The minimum absolute atomic E-state index is 0.0218. The molecule has 4 heterocycles. The van der Waals surface area contributed by atoms with E-state index in [4.69, 9.17) is 9.15 Å². The van der Waals surface area contributed by atoms with Crippen molar-refractivity contribution in [1.29, 1.82) is 0 Å². The van der Waals surface area contributed by atoms with Gasteiger partial charge in [-0.25, -0.2) is 9.78 Å². The summed E-state index contributed by atoms with van der Waals surface area (Å²) in [6.45, 7) is 1.39. The number of hydrogen-bond donors (Lipinski definition) is 1. The Labute approximate surface area is 175 Å². The van der Waals surface area contributed by atoms with Gasteiger partial charge in [0.2, 0.25) is 0 Å². The first-order valence-electron chi connectivity index (χ1n) is 9.82. The minimum Gasteiger partial charge on any atom is -0.422 e. The van der Waals surface area contributed by atoms with Gasteiger partial charge in [0.1, 0.15) is 17.3 Å². The average molecular weight is 425 g/mol. The van der Waals surface area contributed by atoms with E-state index < -0.39 is 11.7 Å². The number of carbonyl (C=O) groups is 2. The molecular weight excluding hydrogens is 406 g/mol. The lowest BCUT2D eigenvalue weighted by Gasteiger charge is -2.25. The molecule has 1 N–H and O–H groups in total. The summed E-state index contributed by atoms with van der Waals surface area (Å²) in [5.74, 6) is -0.543. The molecule has 2 amide bonds. The monoisotopic (exact) mass is 425 g/mol. The summed E-state index contributed by atoms with van der Waals surface area (Å²) in [4.78, 5) is 44.6. The number of benzene rings is 1. The van der Waals surface area contributed by atoms with Crippen LogP contribution < -0.4 is 10.9 Å². The first-order valence-corrected chi connectivity index (χ1v) is 10.6. The van der Waals surface area contributed by atoms with Gasteiger partial charge >= 0.3 is 5.63 Å². The maximum atomic E-state index is 13.0. The Balaban J connectivity index is 1.33. The standard InChI is InChI=1S/C21H19N3O5S/c25-18(16-6-3-9-28-16)23-21-22-14-7-8-24(11-17(14)30-21)19(26)13-10-12-4-1-2-5-15(12)29-20(13)27/h1-2,4-5,10,16H,3,6-9,11H2,(H,22,23,25). The number of ether oxygens (including phenoxy) is 1. The molecule has 1 fully saturated rings. The van der Waals surface area contributed by atoms with Crippen LogP contribution in [0.2, 0.25) is 0 Å². The zero-order chi connectivity index (χ0) is 20.7. The summed E-state index contributed by atoms with van der Waals surface area (Å²) in [6.07, 6.45) is 1.74. The zero-order valence-electron chi connectivity index (χ0n) is 16.1. The third-order valence-corrected chi connectivity index (χ3v) is 6.34. The SMILES string of the molecule is O=C(Nc1nc2c(s1)CN(C(=O)c1cc3ccccc3oc1=O)CC2)C1CCCO1. The van der Waals surface area contributed by atoms with Crippen LogP contribution in [-0.4, -0.2) is 41.0 Å². The van der Waals surface area contributed by atoms with Crippen LogP contribution in [0.5, 0.6) is 0 Å².